The molecule has 0 saturated carbocycles. The van der Waals surface area contributed by atoms with E-state index in [1.54, 1.807) is 0 Å². The minimum absolute atomic E-state index is 0.441. The Kier molecular flexibility index (Phi) is 2.09. The van der Waals surface area contributed by atoms with Crippen molar-refractivity contribution in [2.75, 3.05) is 0 Å². The van der Waals surface area contributed by atoms with Crippen molar-refractivity contribution in [2.45, 2.75) is 50.2 Å². The zero-order chi connectivity index (χ0) is 8.55. The van der Waals surface area contributed by atoms with Crippen molar-refractivity contribution in [1.82, 2.24) is 4.90 Å². The first-order valence-corrected chi connectivity index (χ1v) is 4.97. The Bertz CT molecular complexity index is 165. The highest BCUT2D eigenvalue weighted by Crippen LogP contribution is 2.33. The van der Waals surface area contributed by atoms with Gasteiger partial charge in [-0.3, -0.25) is 0 Å². The molecule has 2 N–H and O–H groups in total. The van der Waals surface area contributed by atoms with Crippen LogP contribution in [0, 0.1) is 0 Å². The van der Waals surface area contributed by atoms with Gasteiger partial charge in [-0.05, 0) is 38.3 Å². The lowest BCUT2D eigenvalue weighted by Gasteiger charge is -2.47. The highest BCUT2D eigenvalue weighted by atomic mass is 15.2. The van der Waals surface area contributed by atoms with Crippen LogP contribution in [0.2, 0.25) is 0 Å². The van der Waals surface area contributed by atoms with Crippen molar-refractivity contribution >= 4 is 0 Å². The predicted octanol–water partition coefficient (Wildman–Crippen LogP) is 1.47. The third-order valence-electron chi connectivity index (χ3n) is 3.28. The Morgan fingerprint density at radius 1 is 1.25 bits per heavy atom. The van der Waals surface area contributed by atoms with Crippen molar-refractivity contribution in [3.8, 4) is 0 Å². The molecule has 0 radical (unpaired) electrons. The Morgan fingerprint density at radius 2 is 1.83 bits per heavy atom. The van der Waals surface area contributed by atoms with E-state index in [0.717, 1.165) is 0 Å². The highest BCUT2D eigenvalue weighted by Gasteiger charge is 2.34. The number of nitrogens with zero attached hydrogens (tertiary/aromatic N) is 1. The van der Waals surface area contributed by atoms with Crippen molar-refractivity contribution in [1.29, 1.82) is 0 Å². The second kappa shape index (κ2) is 3.09. The summed E-state index contributed by atoms with van der Waals surface area (Å²) in [6, 6.07) is 1.84. The average molecular weight is 166 g/mol. The maximum absolute atomic E-state index is 5.98. The summed E-state index contributed by atoms with van der Waals surface area (Å²) in [6.45, 7) is 3.88. The number of hydrogen-bond donors (Lipinski definition) is 1. The summed E-state index contributed by atoms with van der Waals surface area (Å²) in [5.41, 5.74) is 5.98. The zero-order valence-corrected chi connectivity index (χ0v) is 7.58. The lowest BCUT2D eigenvalue weighted by Crippen LogP contribution is -2.52. The Labute approximate surface area is 74.4 Å². The van der Waals surface area contributed by atoms with Gasteiger partial charge in [-0.1, -0.05) is 6.58 Å². The number of hydrogen-bond acceptors (Lipinski definition) is 2. The minimum atomic E-state index is 0.441. The number of piperidine rings is 2. The van der Waals surface area contributed by atoms with Crippen LogP contribution in [0.15, 0.2) is 12.8 Å². The molecule has 2 nitrogen and oxygen atoms in total. The van der Waals surface area contributed by atoms with E-state index < -0.39 is 0 Å². The molecule has 0 aromatic heterocycles. The molecule has 0 spiro atoms. The third-order valence-corrected chi connectivity index (χ3v) is 3.28. The van der Waals surface area contributed by atoms with Gasteiger partial charge in [0.05, 0.1) is 0 Å². The fourth-order valence-corrected chi connectivity index (χ4v) is 2.76. The first-order valence-electron chi connectivity index (χ1n) is 4.97. The molecule has 68 valence electrons. The summed E-state index contributed by atoms with van der Waals surface area (Å²) in [7, 11) is 0. The topological polar surface area (TPSA) is 29.3 Å². The molecule has 0 aromatic rings. The molecular formula is C10H18N2. The number of nitrogens with two attached hydrogens (primary N) is 1. The second-order valence-electron chi connectivity index (χ2n) is 4.10. The summed E-state index contributed by atoms with van der Waals surface area (Å²) in [5.74, 6) is 0. The molecule has 2 heterocycles. The molecule has 2 bridgehead atoms. The van der Waals surface area contributed by atoms with Gasteiger partial charge in [0.2, 0.25) is 0 Å². The fourth-order valence-electron chi connectivity index (χ4n) is 2.76. The first kappa shape index (κ1) is 8.11. The first-order chi connectivity index (χ1) is 5.81. The van der Waals surface area contributed by atoms with Gasteiger partial charge in [0.15, 0.2) is 0 Å². The average Bonchev–Trinajstić information content (AvgIpc) is 2.02. The maximum Gasteiger partial charge on any atom is 0.0302 e. The predicted molar refractivity (Wildman–Crippen MR) is 50.7 cm³/mol. The van der Waals surface area contributed by atoms with E-state index in [4.69, 9.17) is 5.73 Å². The lowest BCUT2D eigenvalue weighted by molar-refractivity contribution is 0.0778. The highest BCUT2D eigenvalue weighted by molar-refractivity contribution is 4.97. The SMILES string of the molecule is C=CN1[C@@H]2CCC[C@H]1C[C@@H](N)C2. The van der Waals surface area contributed by atoms with Gasteiger partial charge in [-0.15, -0.1) is 0 Å². The third kappa shape index (κ3) is 1.24. The van der Waals surface area contributed by atoms with Crippen LogP contribution in [0.4, 0.5) is 0 Å². The van der Waals surface area contributed by atoms with E-state index in [0.29, 0.717) is 18.1 Å². The van der Waals surface area contributed by atoms with Gasteiger partial charge in [0.1, 0.15) is 0 Å². The molecule has 2 aliphatic heterocycles. The van der Waals surface area contributed by atoms with Gasteiger partial charge >= 0.3 is 0 Å². The van der Waals surface area contributed by atoms with Gasteiger partial charge in [0, 0.05) is 18.1 Å². The van der Waals surface area contributed by atoms with Crippen molar-refractivity contribution in [3.05, 3.63) is 12.8 Å². The van der Waals surface area contributed by atoms with E-state index in [9.17, 15) is 0 Å². The van der Waals surface area contributed by atoms with E-state index >= 15 is 0 Å². The second-order valence-corrected chi connectivity index (χ2v) is 4.10. The van der Waals surface area contributed by atoms with Crippen molar-refractivity contribution in [2.24, 2.45) is 5.73 Å². The molecule has 0 aliphatic carbocycles. The minimum Gasteiger partial charge on any atom is -0.372 e. The molecule has 0 aromatic carbocycles. The summed E-state index contributed by atoms with van der Waals surface area (Å²) in [5, 5.41) is 0. The fraction of sp³-hybridized carbons (Fsp3) is 0.800. The summed E-state index contributed by atoms with van der Waals surface area (Å²) < 4.78 is 0. The molecule has 2 rings (SSSR count). The van der Waals surface area contributed by atoms with Crippen LogP contribution in [0.3, 0.4) is 0 Å². The molecule has 2 saturated heterocycles. The smallest absolute Gasteiger partial charge is 0.0302 e. The van der Waals surface area contributed by atoms with E-state index in [1.165, 1.54) is 32.1 Å². The summed E-state index contributed by atoms with van der Waals surface area (Å²) in [6.07, 6.45) is 8.37. The van der Waals surface area contributed by atoms with Crippen molar-refractivity contribution in [3.63, 3.8) is 0 Å². The lowest BCUT2D eigenvalue weighted by atomic mass is 9.82. The van der Waals surface area contributed by atoms with E-state index in [1.807, 2.05) is 6.20 Å². The van der Waals surface area contributed by atoms with E-state index in [2.05, 4.69) is 11.5 Å². The Balaban J connectivity index is 2.11. The molecular weight excluding hydrogens is 148 g/mol. The van der Waals surface area contributed by atoms with Gasteiger partial charge in [-0.2, -0.15) is 0 Å². The molecule has 2 aliphatic rings. The zero-order valence-electron chi connectivity index (χ0n) is 7.58. The number of fused-ring (bicyclic) bond motifs is 2. The number of rotatable bonds is 1. The van der Waals surface area contributed by atoms with Crippen LogP contribution < -0.4 is 5.73 Å². The van der Waals surface area contributed by atoms with Crippen LogP contribution in [0.25, 0.3) is 0 Å². The molecule has 2 fully saturated rings. The maximum atomic E-state index is 5.98. The van der Waals surface area contributed by atoms with Crippen LogP contribution in [0.5, 0.6) is 0 Å². The summed E-state index contributed by atoms with van der Waals surface area (Å²) >= 11 is 0. The molecule has 2 heteroatoms. The standard InChI is InChI=1S/C10H18N2/c1-2-12-9-4-3-5-10(12)7-8(11)6-9/h2,8-10H,1,3-7,11H2/t8-,9+,10-. The van der Waals surface area contributed by atoms with Gasteiger partial charge in [-0.25, -0.2) is 0 Å². The van der Waals surface area contributed by atoms with Crippen LogP contribution in [-0.4, -0.2) is 23.0 Å². The molecule has 12 heavy (non-hydrogen) atoms. The molecule has 3 atom stereocenters. The van der Waals surface area contributed by atoms with Crippen LogP contribution in [0.1, 0.15) is 32.1 Å². The van der Waals surface area contributed by atoms with Crippen molar-refractivity contribution < 1.29 is 0 Å². The quantitative estimate of drug-likeness (QED) is 0.639. The monoisotopic (exact) mass is 166 g/mol. The molecule has 0 unspecified atom stereocenters. The Hall–Kier alpha value is -0.500. The normalized spacial score (nSPS) is 41.1. The van der Waals surface area contributed by atoms with Gasteiger partial charge < -0.3 is 10.6 Å². The summed E-state index contributed by atoms with van der Waals surface area (Å²) in [4.78, 5) is 2.44. The molecule has 0 amide bonds. The van der Waals surface area contributed by atoms with Crippen LogP contribution in [-0.2, 0) is 0 Å². The van der Waals surface area contributed by atoms with Crippen LogP contribution >= 0.6 is 0 Å². The largest absolute Gasteiger partial charge is 0.372 e. The Morgan fingerprint density at radius 3 is 2.33 bits per heavy atom. The van der Waals surface area contributed by atoms with Gasteiger partial charge in [0.25, 0.3) is 0 Å². The van der Waals surface area contributed by atoms with E-state index in [-0.39, 0.29) is 0 Å².